The summed E-state index contributed by atoms with van der Waals surface area (Å²) in [5.41, 5.74) is 1.02. The van der Waals surface area contributed by atoms with Gasteiger partial charge < -0.3 is 4.74 Å². The number of nitro benzene ring substituents is 1. The molecule has 0 bridgehead atoms. The van der Waals surface area contributed by atoms with E-state index in [4.69, 9.17) is 4.74 Å². The number of nitrogens with zero attached hydrogens (tertiary/aromatic N) is 1. The molecule has 0 aliphatic carbocycles. The van der Waals surface area contributed by atoms with E-state index in [1.807, 2.05) is 35.0 Å². The molecule has 5 nitrogen and oxygen atoms in total. The van der Waals surface area contributed by atoms with E-state index in [-0.39, 0.29) is 12.3 Å². The van der Waals surface area contributed by atoms with Gasteiger partial charge in [-0.2, -0.15) is 0 Å². The molecule has 3 rings (SSSR count). The van der Waals surface area contributed by atoms with E-state index in [2.05, 4.69) is 0 Å². The summed E-state index contributed by atoms with van der Waals surface area (Å²) >= 11 is 2.99. The molecular formula is C18H13NO4S2. The molecule has 0 aliphatic heterocycles. The molecule has 0 spiro atoms. The minimum Gasteiger partial charge on any atom is -0.457 e. The van der Waals surface area contributed by atoms with Crippen molar-refractivity contribution in [2.24, 2.45) is 0 Å². The first-order valence-corrected chi connectivity index (χ1v) is 9.09. The first kappa shape index (κ1) is 17.1. The lowest BCUT2D eigenvalue weighted by Crippen LogP contribution is -2.06. The molecule has 3 aromatic rings. The van der Waals surface area contributed by atoms with Crippen molar-refractivity contribution in [3.8, 4) is 0 Å². The highest BCUT2D eigenvalue weighted by molar-refractivity contribution is 7.12. The number of non-ortho nitro benzene ring substituents is 1. The Morgan fingerprint density at radius 1 is 1.12 bits per heavy atom. The summed E-state index contributed by atoms with van der Waals surface area (Å²) in [5, 5.41) is 14.7. The summed E-state index contributed by atoms with van der Waals surface area (Å²) in [6.45, 7) is -0.0202. The third-order valence-corrected chi connectivity index (χ3v) is 5.05. The SMILES string of the molecule is O=C(OCc1cccc([N+](=O)[O-])c1)C(=Cc1cccs1)c1cccs1. The Morgan fingerprint density at radius 2 is 1.92 bits per heavy atom. The Labute approximate surface area is 152 Å². The second-order valence-electron chi connectivity index (χ2n) is 5.05. The summed E-state index contributed by atoms with van der Waals surface area (Å²) in [7, 11) is 0. The maximum Gasteiger partial charge on any atom is 0.339 e. The predicted octanol–water partition coefficient (Wildman–Crippen LogP) is 5.00. The standard InChI is InChI=1S/C18H13NO4S2/c20-18(23-12-13-4-1-5-14(10-13)19(21)22)16(17-7-3-9-25-17)11-15-6-2-8-24-15/h1-11H,12H2. The number of hydrogen-bond donors (Lipinski definition) is 0. The molecule has 2 aromatic heterocycles. The first-order chi connectivity index (χ1) is 12.1. The van der Waals surface area contributed by atoms with Crippen LogP contribution in [0.15, 0.2) is 59.3 Å². The highest BCUT2D eigenvalue weighted by Crippen LogP contribution is 2.26. The van der Waals surface area contributed by atoms with Crippen LogP contribution in [0.5, 0.6) is 0 Å². The zero-order chi connectivity index (χ0) is 17.6. The zero-order valence-corrected chi connectivity index (χ0v) is 14.6. The highest BCUT2D eigenvalue weighted by atomic mass is 32.1. The number of benzene rings is 1. The second-order valence-corrected chi connectivity index (χ2v) is 6.98. The second kappa shape index (κ2) is 7.87. The summed E-state index contributed by atoms with van der Waals surface area (Å²) in [5.74, 6) is -0.456. The molecule has 0 saturated heterocycles. The first-order valence-electron chi connectivity index (χ1n) is 7.33. The van der Waals surface area contributed by atoms with Crippen LogP contribution in [-0.2, 0) is 16.1 Å². The van der Waals surface area contributed by atoms with Crippen molar-refractivity contribution in [3.05, 3.63) is 84.7 Å². The summed E-state index contributed by atoms with van der Waals surface area (Å²) in [6, 6.07) is 13.6. The number of hydrogen-bond acceptors (Lipinski definition) is 6. The van der Waals surface area contributed by atoms with Gasteiger partial charge in [-0.3, -0.25) is 10.1 Å². The fourth-order valence-electron chi connectivity index (χ4n) is 2.16. The number of ether oxygens (including phenoxy) is 1. The van der Waals surface area contributed by atoms with E-state index in [0.29, 0.717) is 11.1 Å². The molecule has 2 heterocycles. The lowest BCUT2D eigenvalue weighted by molar-refractivity contribution is -0.384. The van der Waals surface area contributed by atoms with Gasteiger partial charge in [0.15, 0.2) is 0 Å². The van der Waals surface area contributed by atoms with Crippen LogP contribution in [0.2, 0.25) is 0 Å². The fraction of sp³-hybridized carbons (Fsp3) is 0.0556. The van der Waals surface area contributed by atoms with Crippen molar-refractivity contribution >= 4 is 46.0 Å². The predicted molar refractivity (Wildman–Crippen MR) is 99.4 cm³/mol. The van der Waals surface area contributed by atoms with Crippen molar-refractivity contribution in [2.75, 3.05) is 0 Å². The van der Waals surface area contributed by atoms with Gasteiger partial charge in [-0.15, -0.1) is 22.7 Å². The average molecular weight is 371 g/mol. The van der Waals surface area contributed by atoms with Crippen molar-refractivity contribution in [3.63, 3.8) is 0 Å². The fourth-order valence-corrected chi connectivity index (χ4v) is 3.55. The summed E-state index contributed by atoms with van der Waals surface area (Å²) < 4.78 is 5.38. The van der Waals surface area contributed by atoms with Crippen molar-refractivity contribution in [1.82, 2.24) is 0 Å². The van der Waals surface area contributed by atoms with Crippen LogP contribution in [0.4, 0.5) is 5.69 Å². The van der Waals surface area contributed by atoms with Crippen LogP contribution in [-0.4, -0.2) is 10.9 Å². The third-order valence-electron chi connectivity index (χ3n) is 3.33. The van der Waals surface area contributed by atoms with E-state index in [0.717, 1.165) is 9.75 Å². The Balaban J connectivity index is 1.77. The van der Waals surface area contributed by atoms with Crippen LogP contribution >= 0.6 is 22.7 Å². The Bertz CT molecular complexity index is 899. The topological polar surface area (TPSA) is 69.4 Å². The van der Waals surface area contributed by atoms with Crippen molar-refractivity contribution in [2.45, 2.75) is 6.61 Å². The molecule has 0 radical (unpaired) electrons. The van der Waals surface area contributed by atoms with E-state index >= 15 is 0 Å². The summed E-state index contributed by atoms with van der Waals surface area (Å²) in [4.78, 5) is 24.7. The Hall–Kier alpha value is -2.77. The van der Waals surface area contributed by atoms with Gasteiger partial charge in [-0.1, -0.05) is 24.3 Å². The zero-order valence-electron chi connectivity index (χ0n) is 13.0. The van der Waals surface area contributed by atoms with Crippen LogP contribution < -0.4 is 0 Å². The number of rotatable bonds is 6. The molecule has 0 saturated carbocycles. The molecular weight excluding hydrogens is 358 g/mol. The van der Waals surface area contributed by atoms with Gasteiger partial charge in [0.1, 0.15) is 6.61 Å². The Kier molecular flexibility index (Phi) is 5.37. The van der Waals surface area contributed by atoms with Gasteiger partial charge in [0.2, 0.25) is 0 Å². The largest absolute Gasteiger partial charge is 0.457 e. The van der Waals surface area contributed by atoms with Crippen LogP contribution in [0.3, 0.4) is 0 Å². The van der Waals surface area contributed by atoms with Gasteiger partial charge in [0.25, 0.3) is 5.69 Å². The molecule has 25 heavy (non-hydrogen) atoms. The molecule has 7 heteroatoms. The quantitative estimate of drug-likeness (QED) is 0.265. The number of esters is 1. The van der Waals surface area contributed by atoms with E-state index in [9.17, 15) is 14.9 Å². The number of nitro groups is 1. The molecule has 0 atom stereocenters. The van der Waals surface area contributed by atoms with E-state index in [1.54, 1.807) is 18.2 Å². The minimum absolute atomic E-state index is 0.0202. The van der Waals surface area contributed by atoms with Gasteiger partial charge >= 0.3 is 5.97 Å². The molecule has 0 aliphatic rings. The van der Waals surface area contributed by atoms with Crippen molar-refractivity contribution < 1.29 is 14.5 Å². The maximum atomic E-state index is 12.5. The molecule has 0 amide bonds. The molecule has 126 valence electrons. The smallest absolute Gasteiger partial charge is 0.339 e. The van der Waals surface area contributed by atoms with E-state index < -0.39 is 10.9 Å². The lowest BCUT2D eigenvalue weighted by atomic mass is 10.2. The van der Waals surface area contributed by atoms with Crippen molar-refractivity contribution in [1.29, 1.82) is 0 Å². The monoisotopic (exact) mass is 371 g/mol. The van der Waals surface area contributed by atoms with E-state index in [1.165, 1.54) is 34.8 Å². The lowest BCUT2D eigenvalue weighted by Gasteiger charge is -2.07. The van der Waals surface area contributed by atoms with Crippen LogP contribution in [0.1, 0.15) is 15.3 Å². The molecule has 0 N–H and O–H groups in total. The normalized spacial score (nSPS) is 11.3. The third kappa shape index (κ3) is 4.40. The van der Waals surface area contributed by atoms with Gasteiger partial charge in [0.05, 0.1) is 10.5 Å². The number of carbonyl (C=O) groups is 1. The maximum absolute atomic E-state index is 12.5. The van der Waals surface area contributed by atoms with Gasteiger partial charge in [-0.05, 0) is 34.5 Å². The number of thiophene rings is 2. The molecule has 0 fully saturated rings. The molecule has 0 unspecified atom stereocenters. The minimum atomic E-state index is -0.473. The van der Waals surface area contributed by atoms with Crippen LogP contribution in [0.25, 0.3) is 11.6 Å². The highest BCUT2D eigenvalue weighted by Gasteiger charge is 2.16. The summed E-state index contributed by atoms with van der Waals surface area (Å²) in [6.07, 6.45) is 1.80. The average Bonchev–Trinajstić information content (AvgIpc) is 3.31. The molecule has 1 aromatic carbocycles. The van der Waals surface area contributed by atoms with Gasteiger partial charge in [-0.25, -0.2) is 4.79 Å². The Morgan fingerprint density at radius 3 is 2.60 bits per heavy atom. The number of carbonyl (C=O) groups excluding carboxylic acids is 1. The van der Waals surface area contributed by atoms with Crippen LogP contribution in [0, 0.1) is 10.1 Å². The van der Waals surface area contributed by atoms with Gasteiger partial charge in [0, 0.05) is 21.9 Å².